The van der Waals surface area contributed by atoms with Crippen LogP contribution >= 0.6 is 0 Å². The Morgan fingerprint density at radius 2 is 1.93 bits per heavy atom. The molecular weight excluding hydrogens is 192 g/mol. The van der Waals surface area contributed by atoms with Crippen molar-refractivity contribution in [1.29, 1.82) is 0 Å². The van der Waals surface area contributed by atoms with Crippen molar-refractivity contribution >= 4 is 16.7 Å². The predicted molar refractivity (Wildman–Crippen MR) is 58.0 cm³/mol. The smallest absolute Gasteiger partial charge is 0.255 e. The first-order valence-electron chi connectivity index (χ1n) is 4.56. The molecule has 2 aromatic rings. The number of aromatic nitrogens is 1. The summed E-state index contributed by atoms with van der Waals surface area (Å²) < 4.78 is 0. The number of hydrogen-bond donors (Lipinski definition) is 2. The average Bonchev–Trinajstić information content (AvgIpc) is 2.29. The Hall–Kier alpha value is -2.10. The van der Waals surface area contributed by atoms with E-state index in [1.165, 1.54) is 6.20 Å². The lowest BCUT2D eigenvalue weighted by Gasteiger charge is -2.03. The molecule has 76 valence electrons. The molecule has 0 aliphatic rings. The van der Waals surface area contributed by atoms with Crippen molar-refractivity contribution in [2.75, 3.05) is 7.05 Å². The van der Waals surface area contributed by atoms with Gasteiger partial charge in [-0.05, 0) is 6.07 Å². The molecule has 0 unspecified atom stereocenters. The Kier molecular flexibility index (Phi) is 2.25. The molecule has 0 spiro atoms. The average molecular weight is 202 g/mol. The van der Waals surface area contributed by atoms with E-state index >= 15 is 0 Å². The highest BCUT2D eigenvalue weighted by Gasteiger charge is 2.09. The highest BCUT2D eigenvalue weighted by molar-refractivity contribution is 6.06. The van der Waals surface area contributed by atoms with E-state index in [1.54, 1.807) is 31.3 Å². The zero-order chi connectivity index (χ0) is 10.8. The molecule has 0 saturated heterocycles. The summed E-state index contributed by atoms with van der Waals surface area (Å²) in [5, 5.41) is 3.73. The van der Waals surface area contributed by atoms with Crippen LogP contribution in [-0.2, 0) is 0 Å². The van der Waals surface area contributed by atoms with Gasteiger partial charge in [0.25, 0.3) is 11.5 Å². The summed E-state index contributed by atoms with van der Waals surface area (Å²) in [6, 6.07) is 7.02. The van der Waals surface area contributed by atoms with Crippen LogP contribution in [0.5, 0.6) is 0 Å². The largest absolute Gasteiger partial charge is 0.355 e. The predicted octanol–water partition coefficient (Wildman–Crippen LogP) is 0.888. The molecule has 4 nitrogen and oxygen atoms in total. The Labute approximate surface area is 85.9 Å². The fourth-order valence-electron chi connectivity index (χ4n) is 1.53. The Morgan fingerprint density at radius 3 is 2.60 bits per heavy atom. The van der Waals surface area contributed by atoms with Gasteiger partial charge in [0.2, 0.25) is 0 Å². The highest BCUT2D eigenvalue weighted by Crippen LogP contribution is 2.13. The second-order valence-electron chi connectivity index (χ2n) is 3.16. The summed E-state index contributed by atoms with van der Waals surface area (Å²) in [4.78, 5) is 25.5. The zero-order valence-corrected chi connectivity index (χ0v) is 8.20. The molecule has 4 heteroatoms. The van der Waals surface area contributed by atoms with E-state index < -0.39 is 0 Å². The van der Waals surface area contributed by atoms with E-state index in [9.17, 15) is 9.59 Å². The second-order valence-corrected chi connectivity index (χ2v) is 3.16. The Morgan fingerprint density at radius 1 is 1.27 bits per heavy atom. The normalized spacial score (nSPS) is 10.2. The molecule has 2 N–H and O–H groups in total. The molecule has 0 radical (unpaired) electrons. The van der Waals surface area contributed by atoms with E-state index in [4.69, 9.17) is 0 Å². The third kappa shape index (κ3) is 1.50. The molecule has 0 aliphatic carbocycles. The molecule has 0 saturated carbocycles. The van der Waals surface area contributed by atoms with Crippen LogP contribution in [-0.4, -0.2) is 17.9 Å². The van der Waals surface area contributed by atoms with Crippen LogP contribution in [0.1, 0.15) is 10.4 Å². The number of rotatable bonds is 1. The fraction of sp³-hybridized carbons (Fsp3) is 0.0909. The van der Waals surface area contributed by atoms with Gasteiger partial charge < -0.3 is 10.3 Å². The number of carbonyl (C=O) groups is 1. The van der Waals surface area contributed by atoms with Gasteiger partial charge in [0.1, 0.15) is 0 Å². The first-order chi connectivity index (χ1) is 7.24. The number of aromatic amines is 1. The first kappa shape index (κ1) is 9.45. The van der Waals surface area contributed by atoms with Gasteiger partial charge in [-0.25, -0.2) is 0 Å². The Balaban J connectivity index is 2.83. The molecule has 0 atom stereocenters. The van der Waals surface area contributed by atoms with Gasteiger partial charge in [0.15, 0.2) is 0 Å². The van der Waals surface area contributed by atoms with Crippen molar-refractivity contribution in [1.82, 2.24) is 10.3 Å². The number of amides is 1. The lowest BCUT2D eigenvalue weighted by Crippen LogP contribution is -2.20. The van der Waals surface area contributed by atoms with E-state index in [2.05, 4.69) is 10.3 Å². The lowest BCUT2D eigenvalue weighted by atomic mass is 10.1. The van der Waals surface area contributed by atoms with Crippen LogP contribution < -0.4 is 10.9 Å². The van der Waals surface area contributed by atoms with Crippen LogP contribution in [0.4, 0.5) is 0 Å². The summed E-state index contributed by atoms with van der Waals surface area (Å²) >= 11 is 0. The van der Waals surface area contributed by atoms with Gasteiger partial charge in [-0.15, -0.1) is 0 Å². The van der Waals surface area contributed by atoms with Gasteiger partial charge in [-0.1, -0.05) is 18.2 Å². The molecule has 1 aromatic heterocycles. The lowest BCUT2D eigenvalue weighted by molar-refractivity contribution is 0.0964. The number of H-pyrrole nitrogens is 1. The highest BCUT2D eigenvalue weighted by atomic mass is 16.1. The third-order valence-corrected chi connectivity index (χ3v) is 2.28. The molecule has 0 fully saturated rings. The number of hydrogen-bond acceptors (Lipinski definition) is 2. The van der Waals surface area contributed by atoms with Crippen molar-refractivity contribution in [2.45, 2.75) is 0 Å². The van der Waals surface area contributed by atoms with Crippen LogP contribution in [0.3, 0.4) is 0 Å². The van der Waals surface area contributed by atoms with Crippen LogP contribution in [0.25, 0.3) is 10.8 Å². The van der Waals surface area contributed by atoms with Gasteiger partial charge in [0.05, 0.1) is 5.56 Å². The van der Waals surface area contributed by atoms with Gasteiger partial charge in [0, 0.05) is 24.0 Å². The SMILES string of the molecule is CNC(=O)c1c[nH]c(=O)c2ccccc12. The number of nitrogens with one attached hydrogen (secondary N) is 2. The van der Waals surface area contributed by atoms with Crippen molar-refractivity contribution < 1.29 is 4.79 Å². The summed E-state index contributed by atoms with van der Waals surface area (Å²) in [7, 11) is 1.56. The number of fused-ring (bicyclic) bond motifs is 1. The molecule has 2 rings (SSSR count). The van der Waals surface area contributed by atoms with Gasteiger partial charge in [-0.3, -0.25) is 9.59 Å². The summed E-state index contributed by atoms with van der Waals surface area (Å²) in [5.74, 6) is -0.206. The maximum Gasteiger partial charge on any atom is 0.255 e. The molecule has 15 heavy (non-hydrogen) atoms. The third-order valence-electron chi connectivity index (χ3n) is 2.28. The maximum absolute atomic E-state index is 11.5. The number of benzene rings is 1. The number of carbonyl (C=O) groups excluding carboxylic acids is 1. The van der Waals surface area contributed by atoms with Crippen LogP contribution in [0.2, 0.25) is 0 Å². The zero-order valence-electron chi connectivity index (χ0n) is 8.20. The van der Waals surface area contributed by atoms with Crippen molar-refractivity contribution in [3.63, 3.8) is 0 Å². The van der Waals surface area contributed by atoms with Crippen molar-refractivity contribution in [3.8, 4) is 0 Å². The topological polar surface area (TPSA) is 62.0 Å². The molecule has 1 aromatic carbocycles. The standard InChI is InChI=1S/C11H10N2O2/c1-12-10(14)9-6-13-11(15)8-5-3-2-4-7(8)9/h2-6H,1H3,(H,12,14)(H,13,15). The van der Waals surface area contributed by atoms with Crippen LogP contribution in [0, 0.1) is 0 Å². The molecular formula is C11H10N2O2. The van der Waals surface area contributed by atoms with E-state index in [1.807, 2.05) is 0 Å². The van der Waals surface area contributed by atoms with Gasteiger partial charge >= 0.3 is 0 Å². The first-order valence-corrected chi connectivity index (χ1v) is 4.56. The quantitative estimate of drug-likeness (QED) is 0.721. The van der Waals surface area contributed by atoms with E-state index in [0.717, 1.165) is 0 Å². The molecule has 1 heterocycles. The monoisotopic (exact) mass is 202 g/mol. The summed E-state index contributed by atoms with van der Waals surface area (Å²) in [5.41, 5.74) is 0.297. The molecule has 0 aliphatic heterocycles. The molecule has 1 amide bonds. The van der Waals surface area contributed by atoms with E-state index in [-0.39, 0.29) is 11.5 Å². The summed E-state index contributed by atoms with van der Waals surface area (Å²) in [6.07, 6.45) is 1.43. The molecule has 0 bridgehead atoms. The van der Waals surface area contributed by atoms with Crippen molar-refractivity contribution in [3.05, 3.63) is 46.4 Å². The van der Waals surface area contributed by atoms with E-state index in [0.29, 0.717) is 16.3 Å². The minimum atomic E-state index is -0.206. The minimum absolute atomic E-state index is 0.182. The number of pyridine rings is 1. The van der Waals surface area contributed by atoms with Crippen molar-refractivity contribution in [2.24, 2.45) is 0 Å². The second kappa shape index (κ2) is 3.57. The van der Waals surface area contributed by atoms with Crippen LogP contribution in [0.15, 0.2) is 35.3 Å². The Bertz CT molecular complexity index is 572. The van der Waals surface area contributed by atoms with Gasteiger partial charge in [-0.2, -0.15) is 0 Å². The maximum atomic E-state index is 11.5. The minimum Gasteiger partial charge on any atom is -0.355 e. The summed E-state index contributed by atoms with van der Waals surface area (Å²) in [6.45, 7) is 0. The fourth-order valence-corrected chi connectivity index (χ4v) is 1.53.